The molecule has 0 unspecified atom stereocenters. The van der Waals surface area contributed by atoms with Gasteiger partial charge in [-0.1, -0.05) is 6.92 Å². The first-order chi connectivity index (χ1) is 11.1. The molecule has 0 saturated carbocycles. The van der Waals surface area contributed by atoms with Gasteiger partial charge in [-0.05, 0) is 31.5 Å². The van der Waals surface area contributed by atoms with E-state index in [0.717, 1.165) is 17.7 Å². The maximum Gasteiger partial charge on any atom is 0.319 e. The van der Waals surface area contributed by atoms with Crippen LogP contribution in [0, 0.1) is 0 Å². The maximum atomic E-state index is 12.1. The molecule has 1 aliphatic heterocycles. The van der Waals surface area contributed by atoms with Crippen molar-refractivity contribution in [1.82, 2.24) is 15.5 Å². The monoisotopic (exact) mass is 320 g/mol. The van der Waals surface area contributed by atoms with Crippen LogP contribution < -0.4 is 20.7 Å². The summed E-state index contributed by atoms with van der Waals surface area (Å²) in [4.78, 5) is 25.5. The summed E-state index contributed by atoms with van der Waals surface area (Å²) in [7, 11) is 0. The molecule has 4 amide bonds. The minimum atomic E-state index is -0.250. The van der Waals surface area contributed by atoms with Crippen LogP contribution in [0.25, 0.3) is 0 Å². The van der Waals surface area contributed by atoms with E-state index in [4.69, 9.17) is 4.74 Å². The third-order valence-corrected chi connectivity index (χ3v) is 3.45. The predicted octanol–water partition coefficient (Wildman–Crippen LogP) is 2.14. The molecule has 0 spiro atoms. The topological polar surface area (TPSA) is 82.7 Å². The number of urea groups is 2. The van der Waals surface area contributed by atoms with Crippen molar-refractivity contribution >= 4 is 17.7 Å². The highest BCUT2D eigenvalue weighted by atomic mass is 16.5. The van der Waals surface area contributed by atoms with Gasteiger partial charge >= 0.3 is 12.1 Å². The van der Waals surface area contributed by atoms with Crippen LogP contribution in [0.3, 0.4) is 0 Å². The maximum absolute atomic E-state index is 12.1. The van der Waals surface area contributed by atoms with Gasteiger partial charge in [-0.3, -0.25) is 0 Å². The molecule has 7 nitrogen and oxygen atoms in total. The lowest BCUT2D eigenvalue weighted by Gasteiger charge is -2.20. The lowest BCUT2D eigenvalue weighted by atomic mass is 10.1. The number of ether oxygens (including phenoxy) is 1. The van der Waals surface area contributed by atoms with Crippen molar-refractivity contribution in [3.63, 3.8) is 0 Å². The molecular formula is C16H24N4O3. The summed E-state index contributed by atoms with van der Waals surface area (Å²) in [5, 5.41) is 8.32. The molecule has 0 aromatic heterocycles. The molecule has 0 aliphatic carbocycles. The van der Waals surface area contributed by atoms with E-state index in [-0.39, 0.29) is 12.1 Å². The lowest BCUT2D eigenvalue weighted by Crippen LogP contribution is -2.40. The summed E-state index contributed by atoms with van der Waals surface area (Å²) in [5.41, 5.74) is 1.55. The first-order valence-electron chi connectivity index (χ1n) is 7.97. The van der Waals surface area contributed by atoms with Crippen LogP contribution in [0.15, 0.2) is 18.2 Å². The largest absolute Gasteiger partial charge is 0.491 e. The van der Waals surface area contributed by atoms with E-state index in [1.807, 2.05) is 26.0 Å². The molecule has 1 aromatic carbocycles. The van der Waals surface area contributed by atoms with E-state index in [9.17, 15) is 9.59 Å². The number of nitrogens with zero attached hydrogens (tertiary/aromatic N) is 1. The van der Waals surface area contributed by atoms with Crippen molar-refractivity contribution in [1.29, 1.82) is 0 Å². The van der Waals surface area contributed by atoms with Gasteiger partial charge in [0.25, 0.3) is 0 Å². The fraction of sp³-hybridized carbons (Fsp3) is 0.500. The van der Waals surface area contributed by atoms with E-state index in [1.54, 1.807) is 11.0 Å². The third-order valence-electron chi connectivity index (χ3n) is 3.45. The van der Waals surface area contributed by atoms with Crippen molar-refractivity contribution in [2.24, 2.45) is 0 Å². The number of carbonyl (C=O) groups is 2. The first kappa shape index (κ1) is 16.9. The van der Waals surface area contributed by atoms with E-state index in [2.05, 4.69) is 16.0 Å². The number of rotatable bonds is 4. The zero-order chi connectivity index (χ0) is 16.7. The lowest BCUT2D eigenvalue weighted by molar-refractivity contribution is 0.188. The highest BCUT2D eigenvalue weighted by molar-refractivity contribution is 5.89. The fourth-order valence-corrected chi connectivity index (χ4v) is 2.32. The Morgan fingerprint density at radius 2 is 2.09 bits per heavy atom. The van der Waals surface area contributed by atoms with E-state index in [1.165, 1.54) is 0 Å². The zero-order valence-electron chi connectivity index (χ0n) is 13.6. The average Bonchev–Trinajstić information content (AvgIpc) is 2.74. The molecule has 0 radical (unpaired) electrons. The summed E-state index contributed by atoms with van der Waals surface area (Å²) < 4.78 is 5.69. The molecule has 7 heteroatoms. The molecule has 1 aromatic rings. The van der Waals surface area contributed by atoms with Crippen molar-refractivity contribution in [2.75, 3.05) is 31.6 Å². The number of carbonyl (C=O) groups excluding carboxylic acids is 2. The number of hydrogen-bond acceptors (Lipinski definition) is 3. The molecule has 23 heavy (non-hydrogen) atoms. The smallest absolute Gasteiger partial charge is 0.319 e. The van der Waals surface area contributed by atoms with Gasteiger partial charge in [0.05, 0.1) is 13.1 Å². The van der Waals surface area contributed by atoms with Crippen LogP contribution in [0.1, 0.15) is 25.8 Å². The van der Waals surface area contributed by atoms with Crippen LogP contribution in [0.4, 0.5) is 15.3 Å². The number of nitrogens with one attached hydrogen (secondary N) is 3. The Hall–Kier alpha value is -2.44. The Balaban J connectivity index is 2.09. The van der Waals surface area contributed by atoms with Crippen molar-refractivity contribution in [2.45, 2.75) is 26.8 Å². The number of anilines is 1. The van der Waals surface area contributed by atoms with Gasteiger partial charge in [-0.2, -0.15) is 0 Å². The number of benzene rings is 1. The van der Waals surface area contributed by atoms with Gasteiger partial charge in [0.15, 0.2) is 0 Å². The Bertz CT molecular complexity index is 562. The van der Waals surface area contributed by atoms with Gasteiger partial charge in [0.1, 0.15) is 12.4 Å². The van der Waals surface area contributed by atoms with Crippen molar-refractivity contribution in [3.8, 4) is 5.75 Å². The molecule has 1 heterocycles. The molecule has 126 valence electrons. The Labute approximate surface area is 136 Å². The van der Waals surface area contributed by atoms with Gasteiger partial charge in [-0.15, -0.1) is 0 Å². The molecule has 0 fully saturated rings. The number of amides is 4. The number of fused-ring (bicyclic) bond motifs is 1. The molecule has 0 saturated heterocycles. The Kier molecular flexibility index (Phi) is 6.08. The van der Waals surface area contributed by atoms with E-state index < -0.39 is 0 Å². The predicted molar refractivity (Wildman–Crippen MR) is 88.7 cm³/mol. The quantitative estimate of drug-likeness (QED) is 0.795. The van der Waals surface area contributed by atoms with Crippen LogP contribution in [0.5, 0.6) is 5.75 Å². The van der Waals surface area contributed by atoms with Gasteiger partial charge < -0.3 is 25.6 Å². The van der Waals surface area contributed by atoms with Crippen LogP contribution in [0.2, 0.25) is 0 Å². The zero-order valence-corrected chi connectivity index (χ0v) is 13.6. The molecular weight excluding hydrogens is 296 g/mol. The SMILES string of the molecule is CCCNC(=O)N1CCOc2ccc(NC(=O)NCC)cc2C1. The third kappa shape index (κ3) is 4.77. The minimum absolute atomic E-state index is 0.0922. The number of hydrogen-bond donors (Lipinski definition) is 3. The molecule has 3 N–H and O–H groups in total. The second kappa shape index (κ2) is 8.26. The van der Waals surface area contributed by atoms with Gasteiger partial charge in [0, 0.05) is 24.3 Å². The second-order valence-electron chi connectivity index (χ2n) is 5.31. The molecule has 1 aliphatic rings. The summed E-state index contributed by atoms with van der Waals surface area (Å²) in [5.74, 6) is 0.747. The minimum Gasteiger partial charge on any atom is -0.491 e. The van der Waals surface area contributed by atoms with E-state index >= 15 is 0 Å². The summed E-state index contributed by atoms with van der Waals surface area (Å²) in [6.45, 7) is 6.53. The molecule has 0 atom stereocenters. The average molecular weight is 320 g/mol. The Morgan fingerprint density at radius 3 is 2.83 bits per heavy atom. The second-order valence-corrected chi connectivity index (χ2v) is 5.31. The fourth-order valence-electron chi connectivity index (χ4n) is 2.32. The van der Waals surface area contributed by atoms with Crippen LogP contribution >= 0.6 is 0 Å². The summed E-state index contributed by atoms with van der Waals surface area (Å²) in [6, 6.07) is 5.12. The van der Waals surface area contributed by atoms with Crippen LogP contribution in [-0.2, 0) is 6.54 Å². The van der Waals surface area contributed by atoms with Crippen LogP contribution in [-0.4, -0.2) is 43.2 Å². The van der Waals surface area contributed by atoms with Crippen molar-refractivity contribution in [3.05, 3.63) is 23.8 Å². The van der Waals surface area contributed by atoms with Gasteiger partial charge in [-0.25, -0.2) is 9.59 Å². The van der Waals surface area contributed by atoms with Crippen molar-refractivity contribution < 1.29 is 14.3 Å². The highest BCUT2D eigenvalue weighted by Crippen LogP contribution is 2.26. The molecule has 2 rings (SSSR count). The highest BCUT2D eigenvalue weighted by Gasteiger charge is 2.20. The van der Waals surface area contributed by atoms with Gasteiger partial charge in [0.2, 0.25) is 0 Å². The normalized spacial score (nSPS) is 13.4. The first-order valence-corrected chi connectivity index (χ1v) is 7.97. The summed E-state index contributed by atoms with van der Waals surface area (Å²) >= 11 is 0. The van der Waals surface area contributed by atoms with E-state index in [0.29, 0.717) is 38.5 Å². The summed E-state index contributed by atoms with van der Waals surface area (Å²) in [6.07, 6.45) is 0.896. The molecule has 0 bridgehead atoms. The standard InChI is InChI=1S/C16H24N4O3/c1-3-7-18-16(22)20-8-9-23-14-6-5-13(10-12(14)11-20)19-15(21)17-4-2/h5-6,10H,3-4,7-9,11H2,1-2H3,(H,18,22)(H2,17,19,21). The Morgan fingerprint density at radius 1 is 1.26 bits per heavy atom.